The summed E-state index contributed by atoms with van der Waals surface area (Å²) >= 11 is 0. The summed E-state index contributed by atoms with van der Waals surface area (Å²) in [5.41, 5.74) is 15.0. The van der Waals surface area contributed by atoms with Crippen molar-refractivity contribution in [2.45, 2.75) is 27.3 Å². The summed E-state index contributed by atoms with van der Waals surface area (Å²) in [5, 5.41) is 9.00. The molecule has 0 aliphatic carbocycles. The number of aryl methyl sites for hydroxylation is 2. The van der Waals surface area contributed by atoms with Gasteiger partial charge in [0, 0.05) is 28.3 Å². The van der Waals surface area contributed by atoms with Gasteiger partial charge in [0.15, 0.2) is 5.76 Å². The largest absolute Gasteiger partial charge is 0.366 e. The molecule has 0 bridgehead atoms. The average Bonchev–Trinajstić information content (AvgIpc) is 3.22. The summed E-state index contributed by atoms with van der Waals surface area (Å²) in [4.78, 5) is 29.2. The first kappa shape index (κ1) is 19.3. The minimum absolute atomic E-state index is 0.0243. The normalized spacial score (nSPS) is 11.2. The average molecular weight is 404 g/mol. The van der Waals surface area contributed by atoms with Crippen LogP contribution in [0.25, 0.3) is 22.0 Å². The standard InChI is InChI=1S/C21H20N6O3/c1-10-8-13(30-26-10)9-27-12(3)16(11(2)25-27)18-17(20(22)28)14-6-4-5-7-15(14)24-19(18)21(23)29/h4-8H,9H2,1-3H3,(H2,22,28)(H2,23,29). The Labute approximate surface area is 171 Å². The second kappa shape index (κ2) is 7.11. The van der Waals surface area contributed by atoms with Gasteiger partial charge in [-0.15, -0.1) is 0 Å². The third-order valence-electron chi connectivity index (χ3n) is 4.99. The topological polar surface area (TPSA) is 143 Å². The monoisotopic (exact) mass is 404 g/mol. The first-order chi connectivity index (χ1) is 14.3. The SMILES string of the molecule is Cc1cc(Cn2nc(C)c(-c3c(C(N)=O)nc4ccccc4c3C(N)=O)c2C)on1. The quantitative estimate of drug-likeness (QED) is 0.522. The zero-order valence-corrected chi connectivity index (χ0v) is 16.8. The lowest BCUT2D eigenvalue weighted by Gasteiger charge is -2.14. The van der Waals surface area contributed by atoms with Crippen molar-refractivity contribution in [2.75, 3.05) is 0 Å². The van der Waals surface area contributed by atoms with Crippen LogP contribution >= 0.6 is 0 Å². The van der Waals surface area contributed by atoms with Gasteiger partial charge in [0.1, 0.15) is 12.2 Å². The van der Waals surface area contributed by atoms with Gasteiger partial charge in [-0.3, -0.25) is 14.3 Å². The number of rotatable bonds is 5. The first-order valence-corrected chi connectivity index (χ1v) is 9.26. The molecule has 0 aliphatic rings. The zero-order valence-electron chi connectivity index (χ0n) is 16.8. The second-order valence-electron chi connectivity index (χ2n) is 7.09. The molecule has 9 heteroatoms. The fourth-order valence-corrected chi connectivity index (χ4v) is 3.74. The lowest BCUT2D eigenvalue weighted by atomic mass is 9.92. The van der Waals surface area contributed by atoms with E-state index in [9.17, 15) is 9.59 Å². The molecule has 3 aromatic heterocycles. The minimum Gasteiger partial charge on any atom is -0.366 e. The van der Waals surface area contributed by atoms with Crippen LogP contribution in [-0.2, 0) is 6.54 Å². The van der Waals surface area contributed by atoms with Crippen molar-refractivity contribution in [3.05, 3.63) is 64.4 Å². The molecule has 0 unspecified atom stereocenters. The number of pyridine rings is 1. The molecule has 0 fully saturated rings. The molecule has 4 N–H and O–H groups in total. The summed E-state index contributed by atoms with van der Waals surface area (Å²) < 4.78 is 7.01. The highest BCUT2D eigenvalue weighted by atomic mass is 16.5. The van der Waals surface area contributed by atoms with Crippen LogP contribution in [0.15, 0.2) is 34.9 Å². The Bertz CT molecular complexity index is 1320. The number of fused-ring (bicyclic) bond motifs is 1. The third-order valence-corrected chi connectivity index (χ3v) is 4.99. The Hall–Kier alpha value is -4.01. The smallest absolute Gasteiger partial charge is 0.267 e. The summed E-state index contributed by atoms with van der Waals surface area (Å²) in [6.45, 7) is 5.80. The molecule has 0 radical (unpaired) electrons. The van der Waals surface area contributed by atoms with Gasteiger partial charge in [0.05, 0.1) is 22.5 Å². The lowest BCUT2D eigenvalue weighted by molar-refractivity contribution is 0.0996. The molecule has 152 valence electrons. The molecular formula is C21H20N6O3. The van der Waals surface area contributed by atoms with Crippen LogP contribution in [0.3, 0.4) is 0 Å². The number of para-hydroxylation sites is 1. The molecular weight excluding hydrogens is 384 g/mol. The highest BCUT2D eigenvalue weighted by Crippen LogP contribution is 2.36. The molecule has 1 aromatic carbocycles. The van der Waals surface area contributed by atoms with Crippen molar-refractivity contribution in [3.63, 3.8) is 0 Å². The van der Waals surface area contributed by atoms with Crippen molar-refractivity contribution in [2.24, 2.45) is 11.5 Å². The van der Waals surface area contributed by atoms with E-state index in [0.717, 1.165) is 5.69 Å². The predicted octanol–water partition coefficient (Wildman–Crippen LogP) is 2.26. The Kier molecular flexibility index (Phi) is 4.57. The van der Waals surface area contributed by atoms with Crippen LogP contribution in [0.5, 0.6) is 0 Å². The molecule has 4 rings (SSSR count). The molecule has 30 heavy (non-hydrogen) atoms. The fraction of sp³-hybridized carbons (Fsp3) is 0.190. The van der Waals surface area contributed by atoms with Crippen LogP contribution in [0.2, 0.25) is 0 Å². The van der Waals surface area contributed by atoms with Gasteiger partial charge in [0.2, 0.25) is 5.91 Å². The zero-order chi connectivity index (χ0) is 21.6. The second-order valence-corrected chi connectivity index (χ2v) is 7.09. The first-order valence-electron chi connectivity index (χ1n) is 9.26. The number of hydrogen-bond acceptors (Lipinski definition) is 6. The minimum atomic E-state index is -0.754. The van der Waals surface area contributed by atoms with E-state index in [2.05, 4.69) is 15.2 Å². The van der Waals surface area contributed by atoms with Crippen molar-refractivity contribution < 1.29 is 14.1 Å². The number of carbonyl (C=O) groups excluding carboxylic acids is 2. The van der Waals surface area contributed by atoms with E-state index in [-0.39, 0.29) is 11.3 Å². The summed E-state index contributed by atoms with van der Waals surface area (Å²) in [6, 6.07) is 8.80. The summed E-state index contributed by atoms with van der Waals surface area (Å²) in [5.74, 6) is -0.800. The molecule has 3 heterocycles. The van der Waals surface area contributed by atoms with Gasteiger partial charge < -0.3 is 16.0 Å². The van der Waals surface area contributed by atoms with Gasteiger partial charge >= 0.3 is 0 Å². The fourth-order valence-electron chi connectivity index (χ4n) is 3.74. The van der Waals surface area contributed by atoms with Crippen LogP contribution in [0.1, 0.15) is 43.7 Å². The van der Waals surface area contributed by atoms with E-state index in [1.54, 1.807) is 35.9 Å². The third kappa shape index (κ3) is 3.10. The van der Waals surface area contributed by atoms with Crippen LogP contribution < -0.4 is 11.5 Å². The van der Waals surface area contributed by atoms with E-state index >= 15 is 0 Å². The molecule has 0 spiro atoms. The van der Waals surface area contributed by atoms with Gasteiger partial charge in [-0.1, -0.05) is 23.4 Å². The highest BCUT2D eigenvalue weighted by Gasteiger charge is 2.27. The van der Waals surface area contributed by atoms with Gasteiger partial charge in [0.25, 0.3) is 5.91 Å². The Morgan fingerprint density at radius 2 is 1.80 bits per heavy atom. The molecule has 4 aromatic rings. The van der Waals surface area contributed by atoms with Crippen LogP contribution in [-0.4, -0.2) is 31.7 Å². The van der Waals surface area contributed by atoms with Crippen molar-refractivity contribution in [3.8, 4) is 11.1 Å². The number of carbonyl (C=O) groups is 2. The lowest BCUT2D eigenvalue weighted by Crippen LogP contribution is -2.21. The van der Waals surface area contributed by atoms with Gasteiger partial charge in [-0.25, -0.2) is 4.98 Å². The Morgan fingerprint density at radius 1 is 1.07 bits per heavy atom. The van der Waals surface area contributed by atoms with E-state index < -0.39 is 11.8 Å². The summed E-state index contributed by atoms with van der Waals surface area (Å²) in [6.07, 6.45) is 0. The number of hydrogen-bond donors (Lipinski definition) is 2. The summed E-state index contributed by atoms with van der Waals surface area (Å²) in [7, 11) is 0. The molecule has 2 amide bonds. The highest BCUT2D eigenvalue weighted by molar-refractivity contribution is 6.15. The van der Waals surface area contributed by atoms with Crippen molar-refractivity contribution in [1.29, 1.82) is 0 Å². The number of aromatic nitrogens is 4. The number of primary amides is 2. The number of nitrogens with two attached hydrogens (primary N) is 2. The maximum Gasteiger partial charge on any atom is 0.267 e. The molecule has 0 aliphatic heterocycles. The maximum absolute atomic E-state index is 12.5. The molecule has 0 saturated heterocycles. The van der Waals surface area contributed by atoms with Crippen molar-refractivity contribution >= 4 is 22.7 Å². The number of benzene rings is 1. The molecule has 0 atom stereocenters. The van der Waals surface area contributed by atoms with Gasteiger partial charge in [-0.2, -0.15) is 5.10 Å². The van der Waals surface area contributed by atoms with Crippen LogP contribution in [0.4, 0.5) is 0 Å². The van der Waals surface area contributed by atoms with E-state index in [4.69, 9.17) is 16.0 Å². The van der Waals surface area contributed by atoms with Gasteiger partial charge in [-0.05, 0) is 26.8 Å². The maximum atomic E-state index is 12.5. The van der Waals surface area contributed by atoms with E-state index in [1.165, 1.54) is 0 Å². The van der Waals surface area contributed by atoms with E-state index in [0.29, 0.717) is 45.7 Å². The number of amides is 2. The molecule has 9 nitrogen and oxygen atoms in total. The molecule has 0 saturated carbocycles. The predicted molar refractivity (Wildman–Crippen MR) is 110 cm³/mol. The van der Waals surface area contributed by atoms with E-state index in [1.807, 2.05) is 19.9 Å². The van der Waals surface area contributed by atoms with Crippen LogP contribution in [0, 0.1) is 20.8 Å². The van der Waals surface area contributed by atoms with Crippen molar-refractivity contribution in [1.82, 2.24) is 19.9 Å². The Morgan fingerprint density at radius 3 is 2.43 bits per heavy atom. The number of nitrogens with zero attached hydrogens (tertiary/aromatic N) is 4. The Balaban J connectivity index is 2.01.